The molecule has 4 aromatic rings. The number of aromatic amines is 4. The molecule has 4 aliphatic rings. The molecule has 4 aliphatic heterocycles. The average molecular weight is 1820 g/mol. The van der Waals surface area contributed by atoms with Gasteiger partial charge in [0.25, 0.3) is 45.7 Å². The number of hydrogen-bond donors (Lipinski definition) is 24. The van der Waals surface area contributed by atoms with Gasteiger partial charge in [0.15, 0.2) is 43.9 Å². The summed E-state index contributed by atoms with van der Waals surface area (Å²) in [6.07, 6.45) is -25.3. The van der Waals surface area contributed by atoms with E-state index in [2.05, 4.69) is 60.0 Å². The van der Waals surface area contributed by atoms with Gasteiger partial charge in [-0.05, 0) is 76.6 Å². The van der Waals surface area contributed by atoms with Crippen LogP contribution in [0.15, 0.2) is 44.0 Å². The lowest BCUT2D eigenvalue weighted by atomic mass is 10.1. The number of aryl methyl sites for hydroxylation is 4. The third-order valence-corrected chi connectivity index (χ3v) is 22.4. The molecule has 4 unspecified atom stereocenters. The van der Waals surface area contributed by atoms with Gasteiger partial charge in [0.05, 0.1) is 8.22 Å². The number of rotatable bonds is 24. The number of hydrogen-bond acceptors (Lipinski definition) is 36. The van der Waals surface area contributed by atoms with Crippen molar-refractivity contribution in [1.29, 1.82) is 0 Å². The van der Waals surface area contributed by atoms with E-state index in [0.29, 0.717) is 9.13 Å². The van der Waals surface area contributed by atoms with E-state index in [1.807, 2.05) is 0 Å². The summed E-state index contributed by atoms with van der Waals surface area (Å²) in [5, 5.41) is 80.2. The lowest BCUT2D eigenvalue weighted by Crippen LogP contribution is -2.42. The number of ether oxygens (including phenoxy) is 4. The zero-order valence-corrected chi connectivity index (χ0v) is 63.2. The highest BCUT2D eigenvalue weighted by atomic mass is 32.1. The Kier molecular flexibility index (Phi) is 27.7. The van der Waals surface area contributed by atoms with Crippen LogP contribution < -0.4 is 22.2 Å². The summed E-state index contributed by atoms with van der Waals surface area (Å²) in [6, 6.07) is 0. The lowest BCUT2D eigenvalue weighted by molar-refractivity contribution is -0.204. The molecule has 4 saturated heterocycles. The first-order chi connectivity index (χ1) is 50.8. The highest BCUT2D eigenvalue weighted by molar-refractivity contribution is 7.72. The van der Waals surface area contributed by atoms with Gasteiger partial charge in [-0.2, -0.15) is 17.2 Å². The number of H-pyrrole nitrogens is 4. The number of nitrogens with one attached hydrogen (secondary N) is 4. The molecule has 4 fully saturated rings. The van der Waals surface area contributed by atoms with E-state index < -0.39 is 223 Å². The summed E-state index contributed by atoms with van der Waals surface area (Å²) in [5.41, 5.74) is -2.49. The molecule has 0 radical (unpaired) electrons. The van der Waals surface area contributed by atoms with Crippen LogP contribution in [0.3, 0.4) is 0 Å². The zero-order valence-electron chi connectivity index (χ0n) is 58.8. The molecule has 20 atom stereocenters. The Hall–Kier alpha value is -3.32. The Morgan fingerprint density at radius 3 is 0.907 bits per heavy atom. The number of phosphoric ester groups is 4. The molecule has 0 aliphatic carbocycles. The van der Waals surface area contributed by atoms with Gasteiger partial charge >= 0.3 is 62.6 Å². The predicted molar refractivity (Wildman–Crippen MR) is 342 cm³/mol. The summed E-state index contributed by atoms with van der Waals surface area (Å²) >= 11 is 19.3. The van der Waals surface area contributed by atoms with E-state index in [0.717, 1.165) is 33.9 Å². The molecule has 0 amide bonds. The van der Waals surface area contributed by atoms with Gasteiger partial charge in [0, 0.05) is 47.0 Å². The molecule has 68 heteroatoms. The smallest absolute Gasteiger partial charge is 0.385 e. The van der Waals surface area contributed by atoms with E-state index >= 15 is 8.78 Å². The van der Waals surface area contributed by atoms with Crippen molar-refractivity contribution in [2.24, 2.45) is 0 Å². The van der Waals surface area contributed by atoms with Crippen LogP contribution in [0.5, 0.6) is 0 Å². The van der Waals surface area contributed by atoms with Crippen LogP contribution in [-0.2, 0) is 90.8 Å². The molecular formula is C40H60F4N8O44P8S4. The van der Waals surface area contributed by atoms with E-state index in [-0.39, 0.29) is 27.0 Å². The summed E-state index contributed by atoms with van der Waals surface area (Å²) in [5.74, 6) is -15.1. The largest absolute Gasteiger partial charge is 0.481 e. The molecule has 0 spiro atoms. The highest BCUT2D eigenvalue weighted by Crippen LogP contribution is 2.62. The van der Waals surface area contributed by atoms with Crippen molar-refractivity contribution in [1.82, 2.24) is 38.2 Å². The van der Waals surface area contributed by atoms with Crippen LogP contribution in [0.25, 0.3) is 0 Å². The molecule has 616 valence electrons. The maximum Gasteiger partial charge on any atom is 0.481 e. The van der Waals surface area contributed by atoms with Gasteiger partial charge in [-0.15, -0.1) is 0 Å². The normalized spacial score (nSPS) is 33.4. The van der Waals surface area contributed by atoms with Gasteiger partial charge < -0.3 is 119 Å². The van der Waals surface area contributed by atoms with Crippen molar-refractivity contribution in [3.8, 4) is 0 Å². The van der Waals surface area contributed by atoms with Crippen LogP contribution in [-0.4, -0.2) is 236 Å². The quantitative estimate of drug-likeness (QED) is 0.0195. The third-order valence-electron chi connectivity index (χ3n) is 13.0. The van der Waals surface area contributed by atoms with Crippen molar-refractivity contribution in [3.05, 3.63) is 108 Å². The van der Waals surface area contributed by atoms with Crippen molar-refractivity contribution in [3.63, 3.8) is 0 Å². The molecule has 24 N–H and O–H groups in total. The Bertz CT molecular complexity index is 5250. The topological polar surface area (TPSA) is 803 Å². The summed E-state index contributed by atoms with van der Waals surface area (Å²) in [6.45, 7) is -6.28. The predicted octanol–water partition coefficient (Wildman–Crippen LogP) is -2.57. The fraction of sp³-hybridized carbons (Fsp3) is 0.600. The summed E-state index contributed by atoms with van der Waals surface area (Å²) < 4.78 is 244. The number of phosphoric acid groups is 8. The van der Waals surface area contributed by atoms with Gasteiger partial charge in [0.2, 0.25) is 0 Å². The van der Waals surface area contributed by atoms with Gasteiger partial charge in [-0.1, -0.05) is 0 Å². The monoisotopic (exact) mass is 1810 g/mol. The van der Waals surface area contributed by atoms with Crippen LogP contribution in [0.1, 0.15) is 55.3 Å². The van der Waals surface area contributed by atoms with Gasteiger partial charge in [-0.3, -0.25) is 75.5 Å². The molecule has 108 heavy (non-hydrogen) atoms. The minimum Gasteiger partial charge on any atom is -0.385 e. The molecule has 0 bridgehead atoms. The van der Waals surface area contributed by atoms with Crippen LogP contribution in [0.2, 0.25) is 0 Å². The van der Waals surface area contributed by atoms with Crippen molar-refractivity contribution in [2.75, 3.05) is 26.3 Å². The fourth-order valence-electron chi connectivity index (χ4n) is 8.15. The first kappa shape index (κ1) is 85.6. The fourth-order valence-corrected chi connectivity index (χ4v) is 15.2. The number of aromatic nitrogens is 8. The minimum absolute atomic E-state index is 0.00646. The molecule has 0 saturated carbocycles. The molecule has 0 aromatic carbocycles. The van der Waals surface area contributed by atoms with Crippen molar-refractivity contribution < 1.29 is 216 Å². The van der Waals surface area contributed by atoms with Crippen LogP contribution >= 0.6 is 111 Å². The van der Waals surface area contributed by atoms with Crippen molar-refractivity contribution >= 4 is 111 Å². The molecule has 8 heterocycles. The third kappa shape index (κ3) is 25.3. The Morgan fingerprint density at radius 1 is 0.398 bits per heavy atom. The minimum atomic E-state index is -6.00. The first-order valence-corrected chi connectivity index (χ1v) is 40.9. The van der Waals surface area contributed by atoms with Crippen LogP contribution in [0, 0.1) is 46.8 Å². The molecule has 4 aromatic heterocycles. The standard InChI is InChI=1S/4C10H15FN2O11P2S/c4*1-4-2-13(9(27)12-7(4)16)8-5(14)6(15)10(11,23-8)3-22-26(20,21)24-25(17,18)19/h4*2,5-6,8,14-15H,3H2,1H3,(H,20,21)(H,12,16,27)(H2,17,18,19)/t4*5-,6+,8-,10-/m1111/s1/i3D2,8D;8D;3D2;. The Balaban J connectivity index is 0.000000272. The molecular weight excluding hydrogens is 1750 g/mol. The second-order valence-electron chi connectivity index (χ2n) is 21.3. The number of alkyl halides is 4. The lowest BCUT2D eigenvalue weighted by Gasteiger charge is -2.24. The van der Waals surface area contributed by atoms with Crippen molar-refractivity contribution in [2.45, 2.75) is 125 Å². The molecule has 8 rings (SSSR count). The summed E-state index contributed by atoms with van der Waals surface area (Å²) in [7, 11) is -45.2. The maximum atomic E-state index is 15.3. The van der Waals surface area contributed by atoms with E-state index in [1.165, 1.54) is 27.7 Å². The number of aliphatic hydroxyl groups is 8. The zero-order chi connectivity index (χ0) is 88.6. The van der Waals surface area contributed by atoms with Gasteiger partial charge in [-0.25, -0.2) is 54.1 Å². The Labute approximate surface area is 622 Å². The number of nitrogens with zero attached hydrogens (tertiary/aromatic N) is 4. The Morgan fingerprint density at radius 2 is 0.611 bits per heavy atom. The molecule has 52 nitrogen and oxygen atoms in total. The second-order valence-corrected chi connectivity index (χ2v) is 34.1. The SMILES string of the molecule is Cc1cn([C@@H]2O[C@](F)(COP(=O)(O)OP(=O)(O)O)[C@@H](O)[C@H]2O)c(=S)[nH]c1=O.[2H]C([2H])(OP(=O)(O)OP(=O)(O)O)[C@@]1(F)O[C@@H](n2cc(C)c(=O)[nH]c2=S)[C@H](O)[C@@H]1O.[2H]C([2H])(OP(=O)(O)OP(=O)(O)O)[C@@]1(F)O[C@@]([2H])(n2cc(C)c(=O)[nH]c2=S)[C@H](O)[C@@H]1O.[2H][C@@]1(n2cc(C)c(=O)[nH]c2=S)O[C@](F)(COP(=O)(O)OP(=O)(O)O)[C@@H](O)[C@H]1O. The summed E-state index contributed by atoms with van der Waals surface area (Å²) in [4.78, 5) is 160. The van der Waals surface area contributed by atoms with Crippen LogP contribution in [0.4, 0.5) is 17.6 Å². The van der Waals surface area contributed by atoms with E-state index in [4.69, 9.17) is 115 Å². The van der Waals surface area contributed by atoms with E-state index in [1.54, 1.807) is 0 Å². The number of aliphatic hydroxyl groups excluding tert-OH is 8. The second kappa shape index (κ2) is 35.0. The van der Waals surface area contributed by atoms with E-state index in [9.17, 15) is 120 Å². The number of halogens is 4. The highest BCUT2D eigenvalue weighted by Gasteiger charge is 2.61. The first-order valence-electron chi connectivity index (χ1n) is 30.2. The van der Waals surface area contributed by atoms with Gasteiger partial charge in [0.1, 0.15) is 75.2 Å². The average Bonchev–Trinajstić information content (AvgIpc) is 1.56. The maximum absolute atomic E-state index is 15.3.